The van der Waals surface area contributed by atoms with E-state index in [1.165, 1.54) is 35.9 Å². The number of aryl methyl sites for hydroxylation is 1. The van der Waals surface area contributed by atoms with Gasteiger partial charge in [-0.05, 0) is 47.9 Å². The summed E-state index contributed by atoms with van der Waals surface area (Å²) in [6, 6.07) is 19.0. The average molecular weight is 579 g/mol. The minimum absolute atomic E-state index is 0.0595. The second kappa shape index (κ2) is 15.8. The molecule has 0 aliphatic rings. The topological polar surface area (TPSA) is 38.0 Å². The molecule has 0 saturated heterocycles. The molecular weight excluding hydrogens is 547 g/mol. The molecule has 220 valence electrons. The number of nitrogens with one attached hydrogen (secondary N) is 1. The van der Waals surface area contributed by atoms with Crippen LogP contribution in [0, 0.1) is 18.6 Å². The standard InChI is InChI=1S/C17H14F6.C7H8.C5H9F3N2/c1-10(12-2-4-14(18)5-3-12)13-6-11(7-15(19)8-13)9-17(22,23)16(20)21;1-7-5-3-2-4-6-7;1-4(9)10-3-2-5(6,7)8/h2-8,10,16H,9H2,1H3;2-6H,1H3;10H,1-3,9H2/t10-;;/m1../s1. The summed E-state index contributed by atoms with van der Waals surface area (Å²) >= 11 is 0. The van der Waals surface area contributed by atoms with Crippen molar-refractivity contribution in [2.75, 3.05) is 6.54 Å². The zero-order valence-corrected chi connectivity index (χ0v) is 21.9. The third-order valence-corrected chi connectivity index (χ3v) is 5.31. The lowest BCUT2D eigenvalue weighted by Gasteiger charge is -2.18. The predicted molar refractivity (Wildman–Crippen MR) is 138 cm³/mol. The highest BCUT2D eigenvalue weighted by Crippen LogP contribution is 2.31. The van der Waals surface area contributed by atoms with Crippen molar-refractivity contribution in [3.63, 3.8) is 0 Å². The smallest absolute Gasteiger partial charge is 0.386 e. The number of halogens is 9. The summed E-state index contributed by atoms with van der Waals surface area (Å²) < 4.78 is 112. The predicted octanol–water partition coefficient (Wildman–Crippen LogP) is 8.51. The SMILES string of the molecule is C=C(N)NCCC(F)(F)F.C[C@H](c1ccc(F)cc1)c1cc(F)cc(CC(F)(F)C(F)F)c1.Cc1ccccc1. The summed E-state index contributed by atoms with van der Waals surface area (Å²) in [5.41, 5.74) is 7.08. The van der Waals surface area contributed by atoms with Gasteiger partial charge in [0.05, 0.1) is 12.2 Å². The summed E-state index contributed by atoms with van der Waals surface area (Å²) in [6.45, 7) is 6.74. The zero-order valence-electron chi connectivity index (χ0n) is 21.9. The third kappa shape index (κ3) is 14.0. The molecule has 0 aliphatic carbocycles. The Morgan fingerprint density at radius 2 is 1.43 bits per heavy atom. The quantitative estimate of drug-likeness (QED) is 0.263. The van der Waals surface area contributed by atoms with Crippen LogP contribution < -0.4 is 11.1 Å². The van der Waals surface area contributed by atoms with Gasteiger partial charge in [0, 0.05) is 18.9 Å². The molecule has 3 aromatic rings. The molecule has 0 fully saturated rings. The number of benzene rings is 3. The van der Waals surface area contributed by atoms with Gasteiger partial charge in [0.2, 0.25) is 0 Å². The number of alkyl halides is 7. The second-order valence-corrected chi connectivity index (χ2v) is 8.88. The molecule has 0 radical (unpaired) electrons. The first-order valence-corrected chi connectivity index (χ1v) is 12.0. The largest absolute Gasteiger partial charge is 0.390 e. The van der Waals surface area contributed by atoms with E-state index in [0.717, 1.165) is 12.1 Å². The summed E-state index contributed by atoms with van der Waals surface area (Å²) in [5.74, 6) is -5.77. The van der Waals surface area contributed by atoms with Crippen molar-refractivity contribution in [1.82, 2.24) is 5.32 Å². The van der Waals surface area contributed by atoms with Crippen molar-refractivity contribution in [1.29, 1.82) is 0 Å². The van der Waals surface area contributed by atoms with Crippen LogP contribution in [0.2, 0.25) is 0 Å². The molecule has 0 aliphatic heterocycles. The molecule has 0 unspecified atom stereocenters. The Morgan fingerprint density at radius 3 is 1.88 bits per heavy atom. The Kier molecular flexibility index (Phi) is 13.6. The van der Waals surface area contributed by atoms with E-state index in [-0.39, 0.29) is 17.9 Å². The molecule has 40 heavy (non-hydrogen) atoms. The molecule has 0 spiro atoms. The molecule has 3 N–H and O–H groups in total. The van der Waals surface area contributed by atoms with Crippen molar-refractivity contribution in [3.8, 4) is 0 Å². The Morgan fingerprint density at radius 1 is 0.850 bits per heavy atom. The highest BCUT2D eigenvalue weighted by Gasteiger charge is 2.40. The molecule has 1 atom stereocenters. The van der Waals surface area contributed by atoms with E-state index in [0.29, 0.717) is 11.1 Å². The maximum absolute atomic E-state index is 13.7. The Labute approximate surface area is 227 Å². The van der Waals surface area contributed by atoms with Gasteiger partial charge in [-0.15, -0.1) is 0 Å². The highest BCUT2D eigenvalue weighted by atomic mass is 19.4. The van der Waals surface area contributed by atoms with Crippen LogP contribution in [0.4, 0.5) is 39.5 Å². The van der Waals surface area contributed by atoms with Gasteiger partial charge in [0.25, 0.3) is 0 Å². The van der Waals surface area contributed by atoms with E-state index >= 15 is 0 Å². The van der Waals surface area contributed by atoms with Crippen LogP contribution in [0.25, 0.3) is 0 Å². The van der Waals surface area contributed by atoms with Crippen LogP contribution in [-0.2, 0) is 6.42 Å². The van der Waals surface area contributed by atoms with Gasteiger partial charge >= 0.3 is 18.5 Å². The Bertz CT molecular complexity index is 1160. The zero-order chi connectivity index (χ0) is 30.5. The van der Waals surface area contributed by atoms with E-state index in [2.05, 4.69) is 31.0 Å². The number of nitrogens with two attached hydrogens (primary N) is 1. The van der Waals surface area contributed by atoms with Crippen molar-refractivity contribution < 1.29 is 39.5 Å². The number of hydrogen-bond acceptors (Lipinski definition) is 2. The molecule has 0 heterocycles. The van der Waals surface area contributed by atoms with Gasteiger partial charge in [-0.25, -0.2) is 17.6 Å². The lowest BCUT2D eigenvalue weighted by molar-refractivity contribution is -0.133. The van der Waals surface area contributed by atoms with E-state index in [1.54, 1.807) is 6.92 Å². The fourth-order valence-electron chi connectivity index (χ4n) is 3.22. The molecule has 3 aromatic carbocycles. The van der Waals surface area contributed by atoms with Gasteiger partial charge in [-0.2, -0.15) is 22.0 Å². The molecule has 0 saturated carbocycles. The number of rotatable bonds is 8. The van der Waals surface area contributed by atoms with Crippen LogP contribution in [0.3, 0.4) is 0 Å². The summed E-state index contributed by atoms with van der Waals surface area (Å²) in [7, 11) is 0. The maximum atomic E-state index is 13.7. The van der Waals surface area contributed by atoms with Gasteiger partial charge < -0.3 is 11.1 Å². The first kappa shape index (κ1) is 34.4. The van der Waals surface area contributed by atoms with E-state index in [9.17, 15) is 39.5 Å². The summed E-state index contributed by atoms with van der Waals surface area (Å²) in [5, 5.41) is 2.27. The average Bonchev–Trinajstić information content (AvgIpc) is 2.83. The fourth-order valence-corrected chi connectivity index (χ4v) is 3.22. The van der Waals surface area contributed by atoms with Crippen LogP contribution in [0.1, 0.15) is 41.5 Å². The maximum Gasteiger partial charge on any atom is 0.390 e. The molecular formula is C29H31F9N2. The molecule has 0 bridgehead atoms. The van der Waals surface area contributed by atoms with E-state index < -0.39 is 48.9 Å². The van der Waals surface area contributed by atoms with Crippen molar-refractivity contribution in [2.45, 2.75) is 51.1 Å². The van der Waals surface area contributed by atoms with Gasteiger partial charge in [-0.3, -0.25) is 0 Å². The van der Waals surface area contributed by atoms with Crippen LogP contribution >= 0.6 is 0 Å². The lowest BCUT2D eigenvalue weighted by atomic mass is 9.91. The summed E-state index contributed by atoms with van der Waals surface area (Å²) in [4.78, 5) is 0. The van der Waals surface area contributed by atoms with Crippen molar-refractivity contribution in [2.24, 2.45) is 5.73 Å². The second-order valence-electron chi connectivity index (χ2n) is 8.88. The van der Waals surface area contributed by atoms with E-state index in [1.807, 2.05) is 18.2 Å². The van der Waals surface area contributed by atoms with E-state index in [4.69, 9.17) is 5.73 Å². The summed E-state index contributed by atoms with van der Waals surface area (Å²) in [6.07, 6.45) is -10.1. The van der Waals surface area contributed by atoms with Crippen molar-refractivity contribution >= 4 is 0 Å². The number of hydrogen-bond donors (Lipinski definition) is 2. The highest BCUT2D eigenvalue weighted by molar-refractivity contribution is 5.35. The van der Waals surface area contributed by atoms with Gasteiger partial charge in [0.1, 0.15) is 11.6 Å². The van der Waals surface area contributed by atoms with Crippen LogP contribution in [0.5, 0.6) is 0 Å². The minimum atomic E-state index is -4.22. The molecule has 11 heteroatoms. The van der Waals surface area contributed by atoms with Crippen LogP contribution in [-0.4, -0.2) is 25.1 Å². The third-order valence-electron chi connectivity index (χ3n) is 5.31. The molecule has 3 rings (SSSR count). The Balaban J connectivity index is 0.000000385. The van der Waals surface area contributed by atoms with Gasteiger partial charge in [-0.1, -0.05) is 67.6 Å². The fraction of sp³-hybridized carbons (Fsp3) is 0.310. The molecule has 0 aromatic heterocycles. The minimum Gasteiger partial charge on any atom is -0.386 e. The van der Waals surface area contributed by atoms with Gasteiger partial charge in [0.15, 0.2) is 0 Å². The molecule has 2 nitrogen and oxygen atoms in total. The lowest BCUT2D eigenvalue weighted by Crippen LogP contribution is -2.29. The van der Waals surface area contributed by atoms with Crippen LogP contribution in [0.15, 0.2) is 85.2 Å². The monoisotopic (exact) mass is 578 g/mol. The van der Waals surface area contributed by atoms with Crippen molar-refractivity contribution in [3.05, 3.63) is 119 Å². The molecule has 0 amide bonds. The normalized spacial score (nSPS) is 12.0. The first-order valence-electron chi connectivity index (χ1n) is 12.0. The Hall–Kier alpha value is -3.63. The first-order chi connectivity index (χ1) is 18.5.